The van der Waals surface area contributed by atoms with E-state index in [0.717, 1.165) is 29.3 Å². The van der Waals surface area contributed by atoms with E-state index >= 15 is 0 Å². The van der Waals surface area contributed by atoms with Gasteiger partial charge in [0.2, 0.25) is 0 Å². The normalized spacial score (nSPS) is 10.4. The Balaban J connectivity index is 2.33. The molecule has 0 saturated heterocycles. The highest BCUT2D eigenvalue weighted by Crippen LogP contribution is 2.27. The van der Waals surface area contributed by atoms with E-state index in [9.17, 15) is 8.78 Å². The van der Waals surface area contributed by atoms with Crippen molar-refractivity contribution in [3.8, 4) is 11.5 Å². The molecular weight excluding hydrogens is 258 g/mol. The molecule has 0 aliphatic heterocycles. The Hall–Kier alpha value is -1.61. The van der Waals surface area contributed by atoms with E-state index in [-0.39, 0.29) is 5.75 Å². The molecule has 0 unspecified atom stereocenters. The lowest BCUT2D eigenvalue weighted by molar-refractivity contribution is 0.465. The molecule has 0 saturated carbocycles. The molecule has 2 aromatic rings. The van der Waals surface area contributed by atoms with Crippen molar-refractivity contribution in [2.45, 2.75) is 12.8 Å². The molecule has 0 amide bonds. The molecule has 2 aromatic carbocycles. The van der Waals surface area contributed by atoms with Crippen LogP contribution in [-0.4, -0.2) is 0 Å². The van der Waals surface area contributed by atoms with Crippen LogP contribution >= 0.6 is 11.6 Å². The van der Waals surface area contributed by atoms with E-state index < -0.39 is 11.6 Å². The summed E-state index contributed by atoms with van der Waals surface area (Å²) in [5.74, 6) is -0.318. The molecule has 94 valence electrons. The third kappa shape index (κ3) is 2.99. The molecule has 0 aromatic heterocycles. The topological polar surface area (TPSA) is 9.23 Å². The SMILES string of the molecule is Cc1ccc(CCl)cc1Oc1cc(F)cc(F)c1. The predicted octanol–water partition coefficient (Wildman–Crippen LogP) is 4.80. The van der Waals surface area contributed by atoms with Crippen LogP contribution in [0.25, 0.3) is 0 Å². The van der Waals surface area contributed by atoms with E-state index in [1.807, 2.05) is 19.1 Å². The number of rotatable bonds is 3. The van der Waals surface area contributed by atoms with Gasteiger partial charge in [0.1, 0.15) is 23.1 Å². The van der Waals surface area contributed by atoms with Crippen molar-refractivity contribution in [3.05, 3.63) is 59.2 Å². The molecule has 1 nitrogen and oxygen atoms in total. The van der Waals surface area contributed by atoms with Gasteiger partial charge in [-0.2, -0.15) is 0 Å². The standard InChI is InChI=1S/C14H11ClF2O/c1-9-2-3-10(8-15)4-14(9)18-13-6-11(16)5-12(17)7-13/h2-7H,8H2,1H3. The summed E-state index contributed by atoms with van der Waals surface area (Å²) in [5.41, 5.74) is 1.75. The monoisotopic (exact) mass is 268 g/mol. The van der Waals surface area contributed by atoms with Crippen LogP contribution in [0.3, 0.4) is 0 Å². The third-order valence-electron chi connectivity index (χ3n) is 2.47. The summed E-state index contributed by atoms with van der Waals surface area (Å²) in [6, 6.07) is 8.55. The van der Waals surface area contributed by atoms with Crippen molar-refractivity contribution < 1.29 is 13.5 Å². The predicted molar refractivity (Wildman–Crippen MR) is 67.2 cm³/mol. The Morgan fingerprint density at radius 1 is 1.06 bits per heavy atom. The first-order valence-electron chi connectivity index (χ1n) is 5.38. The lowest BCUT2D eigenvalue weighted by atomic mass is 10.1. The van der Waals surface area contributed by atoms with Crippen LogP contribution in [0.15, 0.2) is 36.4 Å². The van der Waals surface area contributed by atoms with E-state index in [4.69, 9.17) is 16.3 Å². The van der Waals surface area contributed by atoms with Crippen LogP contribution in [0.1, 0.15) is 11.1 Å². The van der Waals surface area contributed by atoms with Crippen LogP contribution in [0.4, 0.5) is 8.78 Å². The molecule has 0 spiro atoms. The van der Waals surface area contributed by atoms with Crippen molar-refractivity contribution in [2.24, 2.45) is 0 Å². The Labute approximate surface area is 109 Å². The zero-order chi connectivity index (χ0) is 13.1. The summed E-state index contributed by atoms with van der Waals surface area (Å²) >= 11 is 5.73. The van der Waals surface area contributed by atoms with Crippen molar-refractivity contribution in [2.75, 3.05) is 0 Å². The maximum atomic E-state index is 13.0. The van der Waals surface area contributed by atoms with Gasteiger partial charge in [0.25, 0.3) is 0 Å². The van der Waals surface area contributed by atoms with Gasteiger partial charge in [0.05, 0.1) is 0 Å². The second-order valence-electron chi connectivity index (χ2n) is 3.94. The highest BCUT2D eigenvalue weighted by molar-refractivity contribution is 6.17. The minimum Gasteiger partial charge on any atom is -0.457 e. The van der Waals surface area contributed by atoms with Gasteiger partial charge in [-0.05, 0) is 24.1 Å². The van der Waals surface area contributed by atoms with Crippen molar-refractivity contribution in [1.29, 1.82) is 0 Å². The minimum absolute atomic E-state index is 0.127. The molecular formula is C14H11ClF2O. The minimum atomic E-state index is -0.670. The molecule has 0 heterocycles. The fourth-order valence-electron chi connectivity index (χ4n) is 1.55. The van der Waals surface area contributed by atoms with E-state index in [2.05, 4.69) is 0 Å². The first-order chi connectivity index (χ1) is 8.58. The Bertz CT molecular complexity index is 549. The zero-order valence-electron chi connectivity index (χ0n) is 9.71. The number of benzene rings is 2. The van der Waals surface area contributed by atoms with Crippen LogP contribution in [0, 0.1) is 18.6 Å². The van der Waals surface area contributed by atoms with E-state index in [1.165, 1.54) is 0 Å². The molecule has 0 atom stereocenters. The quantitative estimate of drug-likeness (QED) is 0.726. The Kier molecular flexibility index (Phi) is 3.82. The van der Waals surface area contributed by atoms with Gasteiger partial charge in [-0.15, -0.1) is 11.6 Å². The number of ether oxygens (including phenoxy) is 1. The average molecular weight is 269 g/mol. The molecule has 4 heteroatoms. The third-order valence-corrected chi connectivity index (χ3v) is 2.78. The maximum absolute atomic E-state index is 13.0. The molecule has 0 aliphatic carbocycles. The van der Waals surface area contributed by atoms with Crippen LogP contribution < -0.4 is 4.74 Å². The van der Waals surface area contributed by atoms with Gasteiger partial charge in [0, 0.05) is 24.1 Å². The Morgan fingerprint density at radius 3 is 2.33 bits per heavy atom. The second kappa shape index (κ2) is 5.36. The van der Waals surface area contributed by atoms with Crippen molar-refractivity contribution >= 4 is 11.6 Å². The molecule has 2 rings (SSSR count). The number of alkyl halides is 1. The van der Waals surface area contributed by atoms with Crippen molar-refractivity contribution in [1.82, 2.24) is 0 Å². The van der Waals surface area contributed by atoms with Gasteiger partial charge in [-0.25, -0.2) is 8.78 Å². The number of hydrogen-bond acceptors (Lipinski definition) is 1. The number of halogens is 3. The van der Waals surface area contributed by atoms with Gasteiger partial charge in [-0.3, -0.25) is 0 Å². The lowest BCUT2D eigenvalue weighted by Crippen LogP contribution is -1.91. The van der Waals surface area contributed by atoms with E-state index in [0.29, 0.717) is 11.6 Å². The number of aryl methyl sites for hydroxylation is 1. The van der Waals surface area contributed by atoms with Crippen LogP contribution in [-0.2, 0) is 5.88 Å². The summed E-state index contributed by atoms with van der Waals surface area (Å²) in [6.45, 7) is 1.85. The Morgan fingerprint density at radius 2 is 1.72 bits per heavy atom. The van der Waals surface area contributed by atoms with Gasteiger partial charge in [-0.1, -0.05) is 12.1 Å². The molecule has 0 radical (unpaired) electrons. The van der Waals surface area contributed by atoms with Gasteiger partial charge in [0.15, 0.2) is 0 Å². The summed E-state index contributed by atoms with van der Waals surface area (Å²) in [4.78, 5) is 0. The number of hydrogen-bond donors (Lipinski definition) is 0. The smallest absolute Gasteiger partial charge is 0.133 e. The molecule has 0 N–H and O–H groups in total. The van der Waals surface area contributed by atoms with Gasteiger partial charge < -0.3 is 4.74 Å². The summed E-state index contributed by atoms with van der Waals surface area (Å²) < 4.78 is 31.5. The van der Waals surface area contributed by atoms with Crippen molar-refractivity contribution in [3.63, 3.8) is 0 Å². The molecule has 0 fully saturated rings. The molecule has 0 bridgehead atoms. The zero-order valence-corrected chi connectivity index (χ0v) is 10.5. The fourth-order valence-corrected chi connectivity index (χ4v) is 1.72. The highest BCUT2D eigenvalue weighted by atomic mass is 35.5. The van der Waals surface area contributed by atoms with Gasteiger partial charge >= 0.3 is 0 Å². The summed E-state index contributed by atoms with van der Waals surface area (Å²) in [6.07, 6.45) is 0. The highest BCUT2D eigenvalue weighted by Gasteiger charge is 2.06. The van der Waals surface area contributed by atoms with Crippen LogP contribution in [0.2, 0.25) is 0 Å². The first kappa shape index (κ1) is 12.8. The summed E-state index contributed by atoms with van der Waals surface area (Å²) in [7, 11) is 0. The van der Waals surface area contributed by atoms with Crippen LogP contribution in [0.5, 0.6) is 11.5 Å². The molecule has 18 heavy (non-hydrogen) atoms. The molecule has 0 aliphatic rings. The summed E-state index contributed by atoms with van der Waals surface area (Å²) in [5, 5.41) is 0. The van der Waals surface area contributed by atoms with E-state index in [1.54, 1.807) is 6.07 Å². The maximum Gasteiger partial charge on any atom is 0.133 e. The fraction of sp³-hybridized carbons (Fsp3) is 0.143. The average Bonchev–Trinajstić information content (AvgIpc) is 2.30. The first-order valence-corrected chi connectivity index (χ1v) is 5.91. The lowest BCUT2D eigenvalue weighted by Gasteiger charge is -2.10. The second-order valence-corrected chi connectivity index (χ2v) is 4.21. The largest absolute Gasteiger partial charge is 0.457 e.